The predicted octanol–water partition coefficient (Wildman–Crippen LogP) is 2.47. The Morgan fingerprint density at radius 2 is 2.04 bits per heavy atom. The maximum atomic E-state index is 13.2. The Labute approximate surface area is 145 Å². The minimum Gasteiger partial charge on any atom is -0.316 e. The van der Waals surface area contributed by atoms with Crippen molar-refractivity contribution in [2.24, 2.45) is 10.9 Å². The molecule has 8 heteroatoms. The molecule has 5 nitrogen and oxygen atoms in total. The Balaban J connectivity index is 1.98. The molecule has 0 unspecified atom stereocenters. The number of carbonyl (C=O) groups excluding carboxylic acids is 1. The zero-order chi connectivity index (χ0) is 17.5. The summed E-state index contributed by atoms with van der Waals surface area (Å²) in [6, 6.07) is 5.56. The number of amides is 1. The van der Waals surface area contributed by atoms with Crippen LogP contribution in [0.3, 0.4) is 0 Å². The number of anilines is 1. The Hall–Kier alpha value is -1.41. The highest BCUT2D eigenvalue weighted by Gasteiger charge is 2.49. The van der Waals surface area contributed by atoms with Crippen molar-refractivity contribution in [2.45, 2.75) is 31.6 Å². The number of carbonyl (C=O) groups is 1. The maximum Gasteiger partial charge on any atom is 0.250 e. The summed E-state index contributed by atoms with van der Waals surface area (Å²) < 4.78 is 37.1. The van der Waals surface area contributed by atoms with Crippen LogP contribution in [0.2, 0.25) is 0 Å². The number of halogens is 1. The summed E-state index contributed by atoms with van der Waals surface area (Å²) in [7, 11) is -3.10. The molecule has 0 aromatic heterocycles. The van der Waals surface area contributed by atoms with Gasteiger partial charge in [0.15, 0.2) is 15.0 Å². The number of hydrogen-bond acceptors (Lipinski definition) is 4. The minimum absolute atomic E-state index is 0.0264. The fourth-order valence-electron chi connectivity index (χ4n) is 2.85. The highest BCUT2D eigenvalue weighted by molar-refractivity contribution is 8.16. The Bertz CT molecular complexity index is 777. The van der Waals surface area contributed by atoms with Crippen LogP contribution in [0, 0.1) is 11.7 Å². The number of sulfone groups is 1. The zero-order valence-corrected chi connectivity index (χ0v) is 15.1. The van der Waals surface area contributed by atoms with E-state index in [2.05, 4.69) is 4.99 Å². The van der Waals surface area contributed by atoms with Gasteiger partial charge in [0.2, 0.25) is 0 Å². The average Bonchev–Trinajstić information content (AvgIpc) is 2.98. The van der Waals surface area contributed by atoms with Gasteiger partial charge in [0, 0.05) is 16.9 Å². The minimum atomic E-state index is -3.10. The molecule has 0 spiro atoms. The van der Waals surface area contributed by atoms with E-state index in [0.717, 1.165) is 0 Å². The molecule has 2 aliphatic rings. The summed E-state index contributed by atoms with van der Waals surface area (Å²) in [6.45, 7) is 3.74. The van der Waals surface area contributed by atoms with Crippen molar-refractivity contribution >= 4 is 38.4 Å². The van der Waals surface area contributed by atoms with Gasteiger partial charge in [-0.05, 0) is 30.7 Å². The molecule has 0 aliphatic carbocycles. The molecule has 2 fully saturated rings. The summed E-state index contributed by atoms with van der Waals surface area (Å²) >= 11 is 1.33. The molecule has 24 heavy (non-hydrogen) atoms. The Morgan fingerprint density at radius 3 is 2.67 bits per heavy atom. The first-order chi connectivity index (χ1) is 11.3. The molecular weight excluding hydrogens is 351 g/mol. The van der Waals surface area contributed by atoms with Crippen molar-refractivity contribution in [3.63, 3.8) is 0 Å². The van der Waals surface area contributed by atoms with Gasteiger partial charge in [-0.25, -0.2) is 12.8 Å². The van der Waals surface area contributed by atoms with E-state index in [1.54, 1.807) is 17.0 Å². The molecule has 1 aromatic carbocycles. The van der Waals surface area contributed by atoms with Gasteiger partial charge in [0.25, 0.3) is 5.91 Å². The van der Waals surface area contributed by atoms with Crippen LogP contribution in [0.4, 0.5) is 10.1 Å². The molecule has 3 rings (SSSR count). The van der Waals surface area contributed by atoms with E-state index in [1.807, 2.05) is 13.8 Å². The standard InChI is InChI=1S/C16H19FN2O3S2/c1-3-10(2)15(20)18-16-19(12-6-4-11(17)5-7-12)13-8-24(21,22)9-14(13)23-16/h4-7,10,13-14H,3,8-9H2,1-2H3/t10-,13-,14-/m0/s1. The lowest BCUT2D eigenvalue weighted by molar-refractivity contribution is -0.121. The summed E-state index contributed by atoms with van der Waals surface area (Å²) in [5.41, 5.74) is 0.657. The molecule has 1 aromatic rings. The van der Waals surface area contributed by atoms with Crippen molar-refractivity contribution in [2.75, 3.05) is 16.4 Å². The van der Waals surface area contributed by atoms with Crippen molar-refractivity contribution in [1.29, 1.82) is 0 Å². The maximum absolute atomic E-state index is 13.2. The highest BCUT2D eigenvalue weighted by atomic mass is 32.2. The van der Waals surface area contributed by atoms with Gasteiger partial charge in [-0.1, -0.05) is 25.6 Å². The first-order valence-corrected chi connectivity index (χ1v) is 10.5. The monoisotopic (exact) mass is 370 g/mol. The van der Waals surface area contributed by atoms with E-state index in [-0.39, 0.29) is 40.4 Å². The summed E-state index contributed by atoms with van der Waals surface area (Å²) in [5.74, 6) is -0.655. The normalized spacial score (nSPS) is 28.1. The van der Waals surface area contributed by atoms with Crippen LogP contribution in [-0.4, -0.2) is 42.3 Å². The van der Waals surface area contributed by atoms with Crippen LogP contribution in [0.25, 0.3) is 0 Å². The topological polar surface area (TPSA) is 66.8 Å². The van der Waals surface area contributed by atoms with E-state index in [0.29, 0.717) is 17.3 Å². The number of fused-ring (bicyclic) bond motifs is 1. The van der Waals surface area contributed by atoms with Gasteiger partial charge in [-0.2, -0.15) is 4.99 Å². The predicted molar refractivity (Wildman–Crippen MR) is 94.6 cm³/mol. The van der Waals surface area contributed by atoms with Crippen LogP contribution >= 0.6 is 11.8 Å². The number of amidine groups is 1. The first kappa shape index (κ1) is 17.4. The molecule has 0 radical (unpaired) electrons. The van der Waals surface area contributed by atoms with Crippen molar-refractivity contribution in [1.82, 2.24) is 0 Å². The number of thioether (sulfide) groups is 1. The van der Waals surface area contributed by atoms with Gasteiger partial charge >= 0.3 is 0 Å². The third-order valence-electron chi connectivity index (χ3n) is 4.41. The summed E-state index contributed by atoms with van der Waals surface area (Å²) in [5, 5.41) is 0.361. The van der Waals surface area contributed by atoms with Gasteiger partial charge in [0.1, 0.15) is 5.82 Å². The van der Waals surface area contributed by atoms with E-state index < -0.39 is 9.84 Å². The second-order valence-corrected chi connectivity index (χ2v) is 9.55. The van der Waals surface area contributed by atoms with Crippen LogP contribution < -0.4 is 4.90 Å². The largest absolute Gasteiger partial charge is 0.316 e. The quantitative estimate of drug-likeness (QED) is 0.818. The molecule has 2 heterocycles. The highest BCUT2D eigenvalue weighted by Crippen LogP contribution is 2.41. The first-order valence-electron chi connectivity index (χ1n) is 7.85. The Kier molecular flexibility index (Phi) is 4.70. The fourth-order valence-corrected chi connectivity index (χ4v) is 6.77. The summed E-state index contributed by atoms with van der Waals surface area (Å²) in [4.78, 5) is 18.2. The second-order valence-electron chi connectivity index (χ2n) is 6.19. The smallest absolute Gasteiger partial charge is 0.250 e. The number of nitrogens with zero attached hydrogens (tertiary/aromatic N) is 2. The van der Waals surface area contributed by atoms with Crippen LogP contribution in [-0.2, 0) is 14.6 Å². The number of benzene rings is 1. The number of hydrogen-bond donors (Lipinski definition) is 0. The lowest BCUT2D eigenvalue weighted by atomic mass is 10.1. The van der Waals surface area contributed by atoms with Gasteiger partial charge < -0.3 is 4.90 Å². The van der Waals surface area contributed by atoms with Gasteiger partial charge in [0.05, 0.1) is 17.5 Å². The summed E-state index contributed by atoms with van der Waals surface area (Å²) in [6.07, 6.45) is 0.693. The molecule has 0 N–H and O–H groups in total. The van der Waals surface area contributed by atoms with Crippen molar-refractivity contribution in [3.8, 4) is 0 Å². The molecule has 2 saturated heterocycles. The third-order valence-corrected chi connectivity index (χ3v) is 7.62. The number of rotatable bonds is 3. The van der Waals surface area contributed by atoms with Crippen LogP contribution in [0.5, 0.6) is 0 Å². The van der Waals surface area contributed by atoms with E-state index in [1.165, 1.54) is 23.9 Å². The molecular formula is C16H19FN2O3S2. The zero-order valence-electron chi connectivity index (χ0n) is 13.5. The Morgan fingerprint density at radius 1 is 1.38 bits per heavy atom. The average molecular weight is 370 g/mol. The van der Waals surface area contributed by atoms with E-state index in [4.69, 9.17) is 0 Å². The van der Waals surface area contributed by atoms with Crippen molar-refractivity contribution in [3.05, 3.63) is 30.1 Å². The van der Waals surface area contributed by atoms with Crippen molar-refractivity contribution < 1.29 is 17.6 Å². The molecule has 0 bridgehead atoms. The van der Waals surface area contributed by atoms with E-state index in [9.17, 15) is 17.6 Å². The van der Waals surface area contributed by atoms with Crippen LogP contribution in [0.15, 0.2) is 29.3 Å². The SMILES string of the molecule is CC[C@H](C)C(=O)N=C1S[C@H]2CS(=O)(=O)C[C@@H]2N1c1ccc(F)cc1. The second kappa shape index (κ2) is 6.48. The molecule has 2 aliphatic heterocycles. The van der Waals surface area contributed by atoms with Gasteiger partial charge in [-0.15, -0.1) is 0 Å². The van der Waals surface area contributed by atoms with E-state index >= 15 is 0 Å². The third kappa shape index (κ3) is 3.35. The van der Waals surface area contributed by atoms with Crippen LogP contribution in [0.1, 0.15) is 20.3 Å². The van der Waals surface area contributed by atoms with Gasteiger partial charge in [-0.3, -0.25) is 4.79 Å². The lowest BCUT2D eigenvalue weighted by Crippen LogP contribution is -2.37. The lowest BCUT2D eigenvalue weighted by Gasteiger charge is -2.24. The molecule has 1 amide bonds. The number of aliphatic imine (C=N–C) groups is 1. The molecule has 130 valence electrons. The molecule has 0 saturated carbocycles. The molecule has 3 atom stereocenters. The fraction of sp³-hybridized carbons (Fsp3) is 0.500.